The number of phenolic OH excluding ortho intramolecular Hbond substituents is 2. The fourth-order valence-corrected chi connectivity index (χ4v) is 5.34. The zero-order valence-corrected chi connectivity index (χ0v) is 22.1. The molecule has 0 unspecified atom stereocenters. The number of fused-ring (bicyclic) bond motifs is 3. The summed E-state index contributed by atoms with van der Waals surface area (Å²) in [6.07, 6.45) is 2.65. The van der Waals surface area contributed by atoms with Crippen molar-refractivity contribution in [3.05, 3.63) is 58.7 Å². The second-order valence-corrected chi connectivity index (χ2v) is 9.30. The Balaban J connectivity index is 2.15. The summed E-state index contributed by atoms with van der Waals surface area (Å²) >= 11 is 0. The molecule has 4 rings (SSSR count). The SMILES string of the molecule is CCCc1cc(OC)c2c(c1)-c1c(O)c(OC)cc(CCC)c1[C@@H](c1ccc(O)c(OC)c1)[C@@H](CO)O2. The third kappa shape index (κ3) is 4.76. The normalized spacial score (nSPS) is 16.3. The number of benzene rings is 3. The molecule has 0 aromatic heterocycles. The number of hydrogen-bond donors (Lipinski definition) is 3. The summed E-state index contributed by atoms with van der Waals surface area (Å²) in [5.41, 5.74) is 4.95. The Labute approximate surface area is 218 Å². The summed E-state index contributed by atoms with van der Waals surface area (Å²) in [6, 6.07) is 11.0. The van der Waals surface area contributed by atoms with Gasteiger partial charge < -0.3 is 34.3 Å². The summed E-state index contributed by atoms with van der Waals surface area (Å²) in [4.78, 5) is 0. The molecule has 3 aromatic carbocycles. The fraction of sp³-hybridized carbons (Fsp3) is 0.400. The Bertz CT molecular complexity index is 1270. The molecule has 3 aromatic rings. The van der Waals surface area contributed by atoms with Crippen molar-refractivity contribution in [2.45, 2.75) is 51.6 Å². The molecule has 7 nitrogen and oxygen atoms in total. The number of aromatic hydroxyl groups is 2. The maximum Gasteiger partial charge on any atom is 0.169 e. The smallest absolute Gasteiger partial charge is 0.169 e. The molecule has 7 heteroatoms. The highest BCUT2D eigenvalue weighted by molar-refractivity contribution is 5.86. The van der Waals surface area contributed by atoms with E-state index in [4.69, 9.17) is 18.9 Å². The van der Waals surface area contributed by atoms with Crippen LogP contribution in [0.15, 0.2) is 36.4 Å². The van der Waals surface area contributed by atoms with E-state index in [0.29, 0.717) is 34.1 Å². The third-order valence-electron chi connectivity index (χ3n) is 6.97. The molecule has 0 radical (unpaired) electrons. The lowest BCUT2D eigenvalue weighted by atomic mass is 9.78. The average Bonchev–Trinajstić information content (AvgIpc) is 3.05. The summed E-state index contributed by atoms with van der Waals surface area (Å²) in [6.45, 7) is 3.92. The molecule has 0 saturated heterocycles. The van der Waals surface area contributed by atoms with Crippen molar-refractivity contribution >= 4 is 0 Å². The molecule has 0 spiro atoms. The highest BCUT2D eigenvalue weighted by Crippen LogP contribution is 2.55. The van der Waals surface area contributed by atoms with Gasteiger partial charge in [0.15, 0.2) is 34.5 Å². The number of aliphatic hydroxyl groups excluding tert-OH is 1. The minimum atomic E-state index is -0.705. The van der Waals surface area contributed by atoms with Crippen LogP contribution in [0.25, 0.3) is 11.1 Å². The van der Waals surface area contributed by atoms with Crippen molar-refractivity contribution in [1.29, 1.82) is 0 Å². The van der Waals surface area contributed by atoms with E-state index in [1.807, 2.05) is 18.2 Å². The van der Waals surface area contributed by atoms with Crippen LogP contribution in [0.5, 0.6) is 34.5 Å². The highest BCUT2D eigenvalue weighted by atomic mass is 16.5. The number of phenols is 2. The molecular formula is C30H36O7. The van der Waals surface area contributed by atoms with Crippen molar-refractivity contribution < 1.29 is 34.3 Å². The minimum Gasteiger partial charge on any atom is -0.504 e. The number of methoxy groups -OCH3 is 3. The first-order chi connectivity index (χ1) is 17.9. The van der Waals surface area contributed by atoms with Gasteiger partial charge in [-0.1, -0.05) is 32.8 Å². The molecule has 1 aliphatic rings. The number of ether oxygens (including phenoxy) is 4. The summed E-state index contributed by atoms with van der Waals surface area (Å²) in [5.74, 6) is 1.22. The summed E-state index contributed by atoms with van der Waals surface area (Å²) in [5, 5.41) is 32.5. The van der Waals surface area contributed by atoms with E-state index in [1.165, 1.54) is 14.2 Å². The maximum absolute atomic E-state index is 11.6. The van der Waals surface area contributed by atoms with Crippen molar-refractivity contribution in [3.8, 4) is 45.6 Å². The van der Waals surface area contributed by atoms with E-state index in [0.717, 1.165) is 47.9 Å². The van der Waals surface area contributed by atoms with Crippen LogP contribution in [0.4, 0.5) is 0 Å². The van der Waals surface area contributed by atoms with Gasteiger partial charge >= 0.3 is 0 Å². The monoisotopic (exact) mass is 508 g/mol. The molecule has 1 aliphatic heterocycles. The van der Waals surface area contributed by atoms with Gasteiger partial charge in [0, 0.05) is 17.0 Å². The zero-order chi connectivity index (χ0) is 26.7. The summed E-state index contributed by atoms with van der Waals surface area (Å²) < 4.78 is 23.3. The van der Waals surface area contributed by atoms with Crippen LogP contribution in [-0.4, -0.2) is 49.4 Å². The van der Waals surface area contributed by atoms with Crippen molar-refractivity contribution in [1.82, 2.24) is 0 Å². The first-order valence-corrected chi connectivity index (χ1v) is 12.7. The van der Waals surface area contributed by atoms with Crippen molar-refractivity contribution in [2.24, 2.45) is 0 Å². The van der Waals surface area contributed by atoms with Crippen LogP contribution >= 0.6 is 0 Å². The second-order valence-electron chi connectivity index (χ2n) is 9.30. The van der Waals surface area contributed by atoms with E-state index >= 15 is 0 Å². The van der Waals surface area contributed by atoms with Crippen LogP contribution in [0.1, 0.15) is 54.9 Å². The Morgan fingerprint density at radius 1 is 0.838 bits per heavy atom. The largest absolute Gasteiger partial charge is 0.504 e. The van der Waals surface area contributed by atoms with Gasteiger partial charge in [-0.25, -0.2) is 0 Å². The van der Waals surface area contributed by atoms with Gasteiger partial charge in [0.25, 0.3) is 0 Å². The topological polar surface area (TPSA) is 97.6 Å². The second kappa shape index (κ2) is 11.2. The Morgan fingerprint density at radius 2 is 1.54 bits per heavy atom. The zero-order valence-electron chi connectivity index (χ0n) is 22.1. The molecule has 3 N–H and O–H groups in total. The van der Waals surface area contributed by atoms with Crippen molar-refractivity contribution in [3.63, 3.8) is 0 Å². The fourth-order valence-electron chi connectivity index (χ4n) is 5.34. The average molecular weight is 509 g/mol. The van der Waals surface area contributed by atoms with Crippen LogP contribution in [0.2, 0.25) is 0 Å². The first-order valence-electron chi connectivity index (χ1n) is 12.7. The molecule has 37 heavy (non-hydrogen) atoms. The molecule has 0 saturated carbocycles. The van der Waals surface area contributed by atoms with E-state index in [2.05, 4.69) is 13.8 Å². The van der Waals surface area contributed by atoms with Crippen LogP contribution in [0.3, 0.4) is 0 Å². The Kier molecular flexibility index (Phi) is 8.03. The molecule has 0 aliphatic carbocycles. The predicted octanol–water partition coefficient (Wildman–Crippen LogP) is 5.58. The number of aliphatic hydroxyl groups is 1. The first kappa shape index (κ1) is 26.5. The Morgan fingerprint density at radius 3 is 2.16 bits per heavy atom. The number of rotatable bonds is 9. The van der Waals surface area contributed by atoms with E-state index in [-0.39, 0.29) is 18.1 Å². The Hall–Kier alpha value is -3.58. The van der Waals surface area contributed by atoms with Gasteiger partial charge in [-0.15, -0.1) is 0 Å². The van der Waals surface area contributed by atoms with E-state index in [9.17, 15) is 15.3 Å². The minimum absolute atomic E-state index is 0.00670. The van der Waals surface area contributed by atoms with Crippen LogP contribution in [0, 0.1) is 0 Å². The van der Waals surface area contributed by atoms with E-state index < -0.39 is 12.0 Å². The lowest BCUT2D eigenvalue weighted by Gasteiger charge is -2.29. The predicted molar refractivity (Wildman–Crippen MR) is 143 cm³/mol. The molecule has 0 amide bonds. The molecule has 0 fully saturated rings. The number of aryl methyl sites for hydroxylation is 2. The molecule has 198 valence electrons. The lowest BCUT2D eigenvalue weighted by Crippen LogP contribution is -2.30. The summed E-state index contributed by atoms with van der Waals surface area (Å²) in [7, 11) is 4.62. The highest BCUT2D eigenvalue weighted by Gasteiger charge is 2.38. The van der Waals surface area contributed by atoms with Gasteiger partial charge in [0.05, 0.1) is 27.9 Å². The van der Waals surface area contributed by atoms with Gasteiger partial charge in [0.2, 0.25) is 0 Å². The lowest BCUT2D eigenvalue weighted by molar-refractivity contribution is 0.102. The number of hydrogen-bond acceptors (Lipinski definition) is 7. The van der Waals surface area contributed by atoms with Gasteiger partial charge in [-0.05, 0) is 65.4 Å². The van der Waals surface area contributed by atoms with Gasteiger partial charge in [0.1, 0.15) is 6.10 Å². The molecule has 2 atom stereocenters. The van der Waals surface area contributed by atoms with Gasteiger partial charge in [-0.2, -0.15) is 0 Å². The quantitative estimate of drug-likeness (QED) is 0.347. The third-order valence-corrected chi connectivity index (χ3v) is 6.97. The van der Waals surface area contributed by atoms with Crippen LogP contribution in [-0.2, 0) is 12.8 Å². The molecule has 0 bridgehead atoms. The van der Waals surface area contributed by atoms with Gasteiger partial charge in [-0.3, -0.25) is 0 Å². The van der Waals surface area contributed by atoms with Crippen LogP contribution < -0.4 is 18.9 Å². The maximum atomic E-state index is 11.6. The molecule has 1 heterocycles. The van der Waals surface area contributed by atoms with E-state index in [1.54, 1.807) is 25.3 Å². The van der Waals surface area contributed by atoms with Crippen molar-refractivity contribution in [2.75, 3.05) is 27.9 Å². The molecular weight excluding hydrogens is 472 g/mol. The standard InChI is InChI=1S/C30H36O7/c1-6-8-17-12-20-28-27(18(9-7-2)15-23(35-4)29(28)33)26(19-10-11-21(32)22(14-19)34-3)25(16-31)37-30(20)24(13-17)36-5/h10-15,25-26,31-33H,6-9,16H2,1-5H3/t25-,26+/m1/s1.